The molecule has 2 nitrogen and oxygen atoms in total. The van der Waals surface area contributed by atoms with Gasteiger partial charge in [-0.25, -0.2) is 0 Å². The lowest BCUT2D eigenvalue weighted by atomic mass is 9.85. The van der Waals surface area contributed by atoms with Crippen LogP contribution in [-0.2, 0) is 0 Å². The zero-order chi connectivity index (χ0) is 13.1. The maximum Gasteiger partial charge on any atom is 0.104 e. The molecule has 0 amide bonds. The van der Waals surface area contributed by atoms with Gasteiger partial charge in [0, 0.05) is 23.1 Å². The van der Waals surface area contributed by atoms with E-state index in [4.69, 9.17) is 18.0 Å². The maximum absolute atomic E-state index is 5.65. The zero-order valence-electron chi connectivity index (χ0n) is 10.7. The van der Waals surface area contributed by atoms with Crippen LogP contribution >= 0.6 is 28.1 Å². The number of hydrogen-bond donors (Lipinski definition) is 1. The smallest absolute Gasteiger partial charge is 0.104 e. The second-order valence-electron chi connectivity index (χ2n) is 4.87. The van der Waals surface area contributed by atoms with Crippen molar-refractivity contribution in [2.75, 3.05) is 18.0 Å². The summed E-state index contributed by atoms with van der Waals surface area (Å²) in [5.74, 6) is 0.868. The number of nitrogens with zero attached hydrogens (tertiary/aromatic N) is 1. The number of nitrogens with two attached hydrogens (primary N) is 1. The van der Waals surface area contributed by atoms with E-state index in [0.29, 0.717) is 4.99 Å². The van der Waals surface area contributed by atoms with Gasteiger partial charge in [-0.2, -0.15) is 0 Å². The van der Waals surface area contributed by atoms with Crippen molar-refractivity contribution in [3.63, 3.8) is 0 Å². The van der Waals surface area contributed by atoms with Crippen LogP contribution in [0.15, 0.2) is 22.7 Å². The third-order valence-corrected chi connectivity index (χ3v) is 4.53. The molecule has 1 saturated carbocycles. The predicted molar refractivity (Wildman–Crippen MR) is 85.3 cm³/mol. The van der Waals surface area contributed by atoms with Gasteiger partial charge in [0.25, 0.3) is 0 Å². The number of benzene rings is 1. The first-order valence-electron chi connectivity index (χ1n) is 6.46. The highest BCUT2D eigenvalue weighted by Crippen LogP contribution is 2.32. The summed E-state index contributed by atoms with van der Waals surface area (Å²) in [6.45, 7) is 4.38. The molecule has 0 atom stereocenters. The topological polar surface area (TPSA) is 29.3 Å². The van der Waals surface area contributed by atoms with E-state index in [9.17, 15) is 0 Å². The highest BCUT2D eigenvalue weighted by molar-refractivity contribution is 9.10. The second kappa shape index (κ2) is 6.02. The summed E-state index contributed by atoms with van der Waals surface area (Å²) >= 11 is 8.63. The van der Waals surface area contributed by atoms with Crippen LogP contribution in [-0.4, -0.2) is 18.1 Å². The Labute approximate surface area is 123 Å². The lowest BCUT2D eigenvalue weighted by molar-refractivity contribution is 0.318. The van der Waals surface area contributed by atoms with Gasteiger partial charge in [0.15, 0.2) is 0 Å². The number of thiocarbonyl (C=S) groups is 1. The van der Waals surface area contributed by atoms with E-state index in [1.54, 1.807) is 0 Å². The van der Waals surface area contributed by atoms with E-state index < -0.39 is 0 Å². The first-order chi connectivity index (χ1) is 8.61. The molecule has 1 aliphatic rings. The molecule has 2 rings (SSSR count). The normalized spacial score (nSPS) is 15.2. The Morgan fingerprint density at radius 3 is 2.67 bits per heavy atom. The van der Waals surface area contributed by atoms with Gasteiger partial charge < -0.3 is 10.6 Å². The van der Waals surface area contributed by atoms with Crippen molar-refractivity contribution >= 4 is 38.8 Å². The summed E-state index contributed by atoms with van der Waals surface area (Å²) < 4.78 is 1.08. The van der Waals surface area contributed by atoms with Crippen molar-refractivity contribution in [3.8, 4) is 0 Å². The number of hydrogen-bond acceptors (Lipinski definition) is 2. The van der Waals surface area contributed by atoms with Gasteiger partial charge in [0.2, 0.25) is 0 Å². The van der Waals surface area contributed by atoms with Crippen molar-refractivity contribution in [1.29, 1.82) is 0 Å². The summed E-state index contributed by atoms with van der Waals surface area (Å²) in [5.41, 5.74) is 7.81. The predicted octanol–water partition coefficient (Wildman–Crippen LogP) is 3.71. The number of halogens is 1. The third kappa shape index (κ3) is 3.04. The Bertz CT molecular complexity index is 443. The fourth-order valence-corrected chi connectivity index (χ4v) is 3.06. The molecule has 1 aromatic rings. The molecule has 2 N–H and O–H groups in total. The standard InChI is InChI=1S/C14H19BrN2S/c1-2-17(9-10-4-3-5-10)13-7-6-11(14(16)18)8-12(13)15/h6-8,10H,2-5,9H2,1H3,(H2,16,18). The SMILES string of the molecule is CCN(CC1CCC1)c1ccc(C(N)=S)cc1Br. The van der Waals surface area contributed by atoms with E-state index in [0.717, 1.165) is 29.0 Å². The summed E-state index contributed by atoms with van der Waals surface area (Å²) in [6, 6.07) is 6.13. The first kappa shape index (κ1) is 13.8. The Kier molecular flexibility index (Phi) is 4.62. The highest BCUT2D eigenvalue weighted by atomic mass is 79.9. The van der Waals surface area contributed by atoms with Gasteiger partial charge in [-0.05, 0) is 59.8 Å². The van der Waals surface area contributed by atoms with Crippen molar-refractivity contribution in [2.45, 2.75) is 26.2 Å². The van der Waals surface area contributed by atoms with Crippen molar-refractivity contribution in [1.82, 2.24) is 0 Å². The molecule has 0 saturated heterocycles. The fraction of sp³-hybridized carbons (Fsp3) is 0.500. The van der Waals surface area contributed by atoms with Crippen molar-refractivity contribution < 1.29 is 0 Å². The minimum absolute atomic E-state index is 0.448. The zero-order valence-corrected chi connectivity index (χ0v) is 13.1. The number of anilines is 1. The van der Waals surface area contributed by atoms with Crippen LogP contribution in [0.1, 0.15) is 31.7 Å². The third-order valence-electron chi connectivity index (χ3n) is 3.66. The van der Waals surface area contributed by atoms with Crippen LogP contribution in [0.25, 0.3) is 0 Å². The summed E-state index contributed by atoms with van der Waals surface area (Å²) in [5, 5.41) is 0. The first-order valence-corrected chi connectivity index (χ1v) is 7.66. The Balaban J connectivity index is 2.16. The van der Waals surface area contributed by atoms with Crippen LogP contribution in [0.4, 0.5) is 5.69 Å². The average molecular weight is 327 g/mol. The summed E-state index contributed by atoms with van der Waals surface area (Å²) in [7, 11) is 0. The fourth-order valence-electron chi connectivity index (χ4n) is 2.30. The monoisotopic (exact) mass is 326 g/mol. The minimum atomic E-state index is 0.448. The van der Waals surface area contributed by atoms with Gasteiger partial charge in [-0.1, -0.05) is 18.6 Å². The Morgan fingerprint density at radius 2 is 2.22 bits per heavy atom. The Morgan fingerprint density at radius 1 is 1.50 bits per heavy atom. The van der Waals surface area contributed by atoms with E-state index in [1.807, 2.05) is 12.1 Å². The molecule has 1 aliphatic carbocycles. The molecular weight excluding hydrogens is 308 g/mol. The molecule has 0 unspecified atom stereocenters. The lowest BCUT2D eigenvalue weighted by Crippen LogP contribution is -2.32. The molecule has 0 aliphatic heterocycles. The van der Waals surface area contributed by atoms with Gasteiger partial charge in [0.05, 0.1) is 5.69 Å². The molecule has 0 bridgehead atoms. The summed E-state index contributed by atoms with van der Waals surface area (Å²) in [6.07, 6.45) is 4.14. The van der Waals surface area contributed by atoms with Crippen LogP contribution in [0, 0.1) is 5.92 Å². The van der Waals surface area contributed by atoms with Crippen LogP contribution < -0.4 is 10.6 Å². The van der Waals surface area contributed by atoms with Gasteiger partial charge in [-0.3, -0.25) is 0 Å². The van der Waals surface area contributed by atoms with Crippen molar-refractivity contribution in [3.05, 3.63) is 28.2 Å². The molecule has 0 heterocycles. The number of rotatable bonds is 5. The van der Waals surface area contributed by atoms with E-state index in [2.05, 4.69) is 33.8 Å². The van der Waals surface area contributed by atoms with Gasteiger partial charge in [-0.15, -0.1) is 0 Å². The molecule has 0 spiro atoms. The largest absolute Gasteiger partial charge is 0.389 e. The van der Waals surface area contributed by atoms with Gasteiger partial charge >= 0.3 is 0 Å². The van der Waals surface area contributed by atoms with E-state index >= 15 is 0 Å². The molecule has 18 heavy (non-hydrogen) atoms. The van der Waals surface area contributed by atoms with Crippen LogP contribution in [0.3, 0.4) is 0 Å². The highest BCUT2D eigenvalue weighted by Gasteiger charge is 2.21. The molecule has 1 fully saturated rings. The quantitative estimate of drug-likeness (QED) is 0.836. The Hall–Kier alpha value is -0.610. The maximum atomic E-state index is 5.65. The van der Waals surface area contributed by atoms with Gasteiger partial charge in [0.1, 0.15) is 4.99 Å². The van der Waals surface area contributed by atoms with E-state index in [1.165, 1.54) is 24.9 Å². The summed E-state index contributed by atoms with van der Waals surface area (Å²) in [4.78, 5) is 2.88. The van der Waals surface area contributed by atoms with Crippen LogP contribution in [0.5, 0.6) is 0 Å². The molecule has 98 valence electrons. The lowest BCUT2D eigenvalue weighted by Gasteiger charge is -2.33. The minimum Gasteiger partial charge on any atom is -0.389 e. The second-order valence-corrected chi connectivity index (χ2v) is 6.16. The molecular formula is C14H19BrN2S. The van der Waals surface area contributed by atoms with Crippen LogP contribution in [0.2, 0.25) is 0 Å². The molecule has 0 aromatic heterocycles. The molecule has 1 aromatic carbocycles. The average Bonchev–Trinajstić information content (AvgIpc) is 2.29. The van der Waals surface area contributed by atoms with E-state index in [-0.39, 0.29) is 0 Å². The van der Waals surface area contributed by atoms with Crippen molar-refractivity contribution in [2.24, 2.45) is 11.7 Å². The molecule has 4 heteroatoms. The molecule has 0 radical (unpaired) electrons.